The Bertz CT molecular complexity index is 200. The van der Waals surface area contributed by atoms with Crippen LogP contribution in [0.5, 0.6) is 0 Å². The van der Waals surface area contributed by atoms with Crippen LogP contribution < -0.4 is 5.32 Å². The molecule has 2 rings (SSSR count). The van der Waals surface area contributed by atoms with Gasteiger partial charge in [-0.15, -0.1) is 0 Å². The zero-order chi connectivity index (χ0) is 10.9. The second-order valence-electron chi connectivity index (χ2n) is 5.34. The quantitative estimate of drug-likeness (QED) is 0.759. The number of rotatable bonds is 4. The Morgan fingerprint density at radius 3 is 2.60 bits per heavy atom. The van der Waals surface area contributed by atoms with Gasteiger partial charge in [-0.25, -0.2) is 0 Å². The molecule has 2 aliphatic rings. The molecule has 2 atom stereocenters. The van der Waals surface area contributed by atoms with E-state index in [1.54, 1.807) is 0 Å². The van der Waals surface area contributed by atoms with Gasteiger partial charge in [0.2, 0.25) is 0 Å². The molecule has 2 fully saturated rings. The fourth-order valence-corrected chi connectivity index (χ4v) is 2.70. The monoisotopic (exact) mass is 212 g/mol. The molecular weight excluding hydrogens is 188 g/mol. The molecule has 0 aromatic carbocycles. The van der Waals surface area contributed by atoms with Crippen molar-refractivity contribution in [3.05, 3.63) is 0 Å². The van der Waals surface area contributed by atoms with Gasteiger partial charge in [0.1, 0.15) is 0 Å². The van der Waals surface area contributed by atoms with Crippen LogP contribution in [-0.2, 0) is 4.74 Å². The normalized spacial score (nSPS) is 35.4. The van der Waals surface area contributed by atoms with E-state index < -0.39 is 0 Å². The molecule has 3 nitrogen and oxygen atoms in total. The van der Waals surface area contributed by atoms with Crippen molar-refractivity contribution in [2.45, 2.75) is 50.3 Å². The van der Waals surface area contributed by atoms with E-state index in [0.717, 1.165) is 12.6 Å². The first-order chi connectivity index (χ1) is 7.15. The van der Waals surface area contributed by atoms with E-state index in [-0.39, 0.29) is 5.60 Å². The van der Waals surface area contributed by atoms with Gasteiger partial charge in [-0.2, -0.15) is 0 Å². The molecule has 0 aromatic rings. The van der Waals surface area contributed by atoms with E-state index in [0.29, 0.717) is 6.04 Å². The van der Waals surface area contributed by atoms with Crippen LogP contribution in [0.25, 0.3) is 0 Å². The summed E-state index contributed by atoms with van der Waals surface area (Å²) in [5, 5.41) is 3.67. The van der Waals surface area contributed by atoms with Gasteiger partial charge < -0.3 is 15.0 Å². The van der Waals surface area contributed by atoms with Crippen molar-refractivity contribution >= 4 is 0 Å². The van der Waals surface area contributed by atoms with E-state index in [1.165, 1.54) is 32.2 Å². The third-order valence-corrected chi connectivity index (χ3v) is 4.30. The van der Waals surface area contributed by atoms with Crippen LogP contribution >= 0.6 is 0 Å². The maximum atomic E-state index is 5.61. The molecule has 1 N–H and O–H groups in total. The van der Waals surface area contributed by atoms with E-state index in [2.05, 4.69) is 24.2 Å². The Hall–Kier alpha value is -0.120. The van der Waals surface area contributed by atoms with E-state index >= 15 is 0 Å². The molecule has 1 saturated heterocycles. The van der Waals surface area contributed by atoms with Crippen molar-refractivity contribution in [2.75, 3.05) is 27.2 Å². The van der Waals surface area contributed by atoms with Crippen LogP contribution in [0.2, 0.25) is 0 Å². The highest BCUT2D eigenvalue weighted by Gasteiger charge is 2.38. The Morgan fingerprint density at radius 2 is 2.20 bits per heavy atom. The van der Waals surface area contributed by atoms with Crippen LogP contribution in [0, 0.1) is 0 Å². The molecule has 0 aromatic heterocycles. The second kappa shape index (κ2) is 4.40. The van der Waals surface area contributed by atoms with Gasteiger partial charge >= 0.3 is 0 Å². The number of nitrogens with zero attached hydrogens (tertiary/aromatic N) is 1. The summed E-state index contributed by atoms with van der Waals surface area (Å²) in [6.07, 6.45) is 5.07. The third-order valence-electron chi connectivity index (χ3n) is 4.30. The van der Waals surface area contributed by atoms with E-state index in [1.807, 2.05) is 7.11 Å². The highest BCUT2D eigenvalue weighted by Crippen LogP contribution is 2.34. The molecule has 2 unspecified atom stereocenters. The number of hydrogen-bond acceptors (Lipinski definition) is 3. The molecule has 88 valence electrons. The Morgan fingerprint density at radius 1 is 1.47 bits per heavy atom. The maximum absolute atomic E-state index is 5.61. The van der Waals surface area contributed by atoms with E-state index in [9.17, 15) is 0 Å². The molecular formula is C12H24N2O. The lowest BCUT2D eigenvalue weighted by molar-refractivity contribution is -0.0706. The van der Waals surface area contributed by atoms with Gasteiger partial charge in [-0.3, -0.25) is 0 Å². The molecule has 1 saturated carbocycles. The Balaban J connectivity index is 1.74. The minimum Gasteiger partial charge on any atom is -0.377 e. The standard InChI is InChI=1S/C12H24N2O/c1-10-7-11(8-14(10)2)13-9-12(15-3)5-4-6-12/h10-11,13H,4-9H2,1-3H3. The van der Waals surface area contributed by atoms with Crippen molar-refractivity contribution in [1.29, 1.82) is 0 Å². The molecule has 3 heteroatoms. The fourth-order valence-electron chi connectivity index (χ4n) is 2.70. The number of hydrogen-bond donors (Lipinski definition) is 1. The molecule has 0 amide bonds. The van der Waals surface area contributed by atoms with Gasteiger partial charge in [0.05, 0.1) is 5.60 Å². The lowest BCUT2D eigenvalue weighted by Crippen LogP contribution is -2.50. The zero-order valence-corrected chi connectivity index (χ0v) is 10.3. The number of methoxy groups -OCH3 is 1. The van der Waals surface area contributed by atoms with Crippen LogP contribution in [0.3, 0.4) is 0 Å². The summed E-state index contributed by atoms with van der Waals surface area (Å²) < 4.78 is 5.61. The summed E-state index contributed by atoms with van der Waals surface area (Å²) in [6.45, 7) is 4.52. The minimum absolute atomic E-state index is 0.171. The van der Waals surface area contributed by atoms with Gasteiger partial charge in [-0.1, -0.05) is 0 Å². The minimum atomic E-state index is 0.171. The molecule has 0 spiro atoms. The molecule has 0 bridgehead atoms. The largest absolute Gasteiger partial charge is 0.377 e. The SMILES string of the molecule is COC1(CNC2CC(C)N(C)C2)CCC1. The Labute approximate surface area is 93.2 Å². The van der Waals surface area contributed by atoms with Crippen LogP contribution in [-0.4, -0.2) is 49.8 Å². The summed E-state index contributed by atoms with van der Waals surface area (Å²) in [5.41, 5.74) is 0.171. The van der Waals surface area contributed by atoms with Crippen molar-refractivity contribution < 1.29 is 4.74 Å². The highest BCUT2D eigenvalue weighted by molar-refractivity contribution is 4.94. The second-order valence-corrected chi connectivity index (χ2v) is 5.34. The van der Waals surface area contributed by atoms with Crippen molar-refractivity contribution in [3.63, 3.8) is 0 Å². The number of likely N-dealkylation sites (N-methyl/N-ethyl adjacent to an activating group) is 1. The topological polar surface area (TPSA) is 24.5 Å². The van der Waals surface area contributed by atoms with Crippen molar-refractivity contribution in [2.24, 2.45) is 0 Å². The number of nitrogens with one attached hydrogen (secondary N) is 1. The molecule has 1 aliphatic carbocycles. The predicted octanol–water partition coefficient (Wildman–Crippen LogP) is 1.24. The van der Waals surface area contributed by atoms with Crippen LogP contribution in [0.1, 0.15) is 32.6 Å². The van der Waals surface area contributed by atoms with Gasteiger partial charge in [0.15, 0.2) is 0 Å². The third kappa shape index (κ3) is 2.35. The summed E-state index contributed by atoms with van der Waals surface area (Å²) >= 11 is 0. The average Bonchev–Trinajstić information content (AvgIpc) is 2.45. The van der Waals surface area contributed by atoms with Gasteiger partial charge in [0.25, 0.3) is 0 Å². The van der Waals surface area contributed by atoms with Gasteiger partial charge in [0, 0.05) is 32.3 Å². The summed E-state index contributed by atoms with van der Waals surface area (Å²) in [6, 6.07) is 1.39. The first-order valence-electron chi connectivity index (χ1n) is 6.14. The summed E-state index contributed by atoms with van der Waals surface area (Å²) in [7, 11) is 4.06. The van der Waals surface area contributed by atoms with E-state index in [4.69, 9.17) is 4.74 Å². The highest BCUT2D eigenvalue weighted by atomic mass is 16.5. The lowest BCUT2D eigenvalue weighted by Gasteiger charge is -2.41. The first-order valence-corrected chi connectivity index (χ1v) is 6.14. The summed E-state index contributed by atoms with van der Waals surface area (Å²) in [5.74, 6) is 0. The fraction of sp³-hybridized carbons (Fsp3) is 1.00. The van der Waals surface area contributed by atoms with Crippen LogP contribution in [0.15, 0.2) is 0 Å². The molecule has 0 radical (unpaired) electrons. The van der Waals surface area contributed by atoms with Crippen molar-refractivity contribution in [3.8, 4) is 0 Å². The maximum Gasteiger partial charge on any atom is 0.0802 e. The Kier molecular flexibility index (Phi) is 3.33. The molecule has 1 aliphatic heterocycles. The number of ether oxygens (including phenoxy) is 1. The summed E-state index contributed by atoms with van der Waals surface area (Å²) in [4.78, 5) is 2.43. The van der Waals surface area contributed by atoms with Crippen LogP contribution in [0.4, 0.5) is 0 Å². The zero-order valence-electron chi connectivity index (χ0n) is 10.3. The molecule has 1 heterocycles. The first kappa shape index (κ1) is 11.4. The molecule has 15 heavy (non-hydrogen) atoms. The smallest absolute Gasteiger partial charge is 0.0802 e. The average molecular weight is 212 g/mol. The van der Waals surface area contributed by atoms with Gasteiger partial charge in [-0.05, 0) is 39.7 Å². The lowest BCUT2D eigenvalue weighted by atomic mass is 9.80. The van der Waals surface area contributed by atoms with Crippen molar-refractivity contribution in [1.82, 2.24) is 10.2 Å². The predicted molar refractivity (Wildman–Crippen MR) is 62.1 cm³/mol. The number of likely N-dealkylation sites (tertiary alicyclic amines) is 1.